The van der Waals surface area contributed by atoms with Crippen LogP contribution in [0.3, 0.4) is 0 Å². The van der Waals surface area contributed by atoms with Gasteiger partial charge in [0.05, 0.1) is 18.9 Å². The molecule has 0 spiro atoms. The van der Waals surface area contributed by atoms with Crippen LogP contribution in [0.4, 0.5) is 10.3 Å². The fraction of sp³-hybridized carbons (Fsp3) is 0.440. The standard InChI is InChI=1S/C25H28FN7O5/c1-3-11-28-23-29-12-8-17(30-23)19-31-18(32-33(19)16-6-4-15(26)5-7-16)20-36-13-24(2,14-37-20)22(35)38-25(9-10-25)21(27)34/h4-8,12,20H,3,9-11,13-14H2,1-2H3,(H2,27,34)(H,28,29,30). The van der Waals surface area contributed by atoms with Crippen molar-refractivity contribution in [2.45, 2.75) is 45.0 Å². The molecule has 1 saturated carbocycles. The first-order valence-electron chi connectivity index (χ1n) is 12.3. The molecule has 200 valence electrons. The number of carbonyl (C=O) groups excluding carboxylic acids is 2. The van der Waals surface area contributed by atoms with Gasteiger partial charge in [0.2, 0.25) is 18.1 Å². The lowest BCUT2D eigenvalue weighted by Crippen LogP contribution is -2.47. The third-order valence-corrected chi connectivity index (χ3v) is 6.36. The summed E-state index contributed by atoms with van der Waals surface area (Å²) in [7, 11) is 0. The Morgan fingerprint density at radius 2 is 1.89 bits per heavy atom. The van der Waals surface area contributed by atoms with Crippen LogP contribution >= 0.6 is 0 Å². The van der Waals surface area contributed by atoms with Crippen molar-refractivity contribution in [3.63, 3.8) is 0 Å². The zero-order valence-electron chi connectivity index (χ0n) is 21.0. The highest BCUT2D eigenvalue weighted by Crippen LogP contribution is 2.42. The molecule has 13 heteroatoms. The van der Waals surface area contributed by atoms with Crippen LogP contribution in [0.5, 0.6) is 0 Å². The van der Waals surface area contributed by atoms with Crippen molar-refractivity contribution in [2.75, 3.05) is 25.1 Å². The summed E-state index contributed by atoms with van der Waals surface area (Å²) < 4.78 is 32.2. The molecule has 0 radical (unpaired) electrons. The predicted molar refractivity (Wildman–Crippen MR) is 131 cm³/mol. The molecule has 0 unspecified atom stereocenters. The largest absolute Gasteiger partial charge is 0.448 e. The number of aromatic nitrogens is 5. The zero-order valence-corrected chi connectivity index (χ0v) is 21.0. The summed E-state index contributed by atoms with van der Waals surface area (Å²) in [6.45, 7) is 4.26. The Morgan fingerprint density at radius 3 is 2.53 bits per heavy atom. The average Bonchev–Trinajstić information content (AvgIpc) is 3.57. The smallest absolute Gasteiger partial charge is 0.317 e. The van der Waals surface area contributed by atoms with Crippen molar-refractivity contribution >= 4 is 17.8 Å². The maximum atomic E-state index is 13.6. The molecule has 2 aromatic heterocycles. The Morgan fingerprint density at radius 1 is 1.18 bits per heavy atom. The van der Waals surface area contributed by atoms with Crippen molar-refractivity contribution in [1.29, 1.82) is 0 Å². The van der Waals surface area contributed by atoms with Gasteiger partial charge in [-0.2, -0.15) is 0 Å². The van der Waals surface area contributed by atoms with Gasteiger partial charge in [0.1, 0.15) is 16.9 Å². The van der Waals surface area contributed by atoms with E-state index < -0.39 is 35.0 Å². The molecule has 1 aliphatic heterocycles. The Bertz CT molecular complexity index is 1330. The second-order valence-corrected chi connectivity index (χ2v) is 9.64. The number of ether oxygens (including phenoxy) is 3. The minimum atomic E-state index is -1.23. The summed E-state index contributed by atoms with van der Waals surface area (Å²) in [4.78, 5) is 37.8. The van der Waals surface area contributed by atoms with Gasteiger partial charge in [-0.3, -0.25) is 9.59 Å². The van der Waals surface area contributed by atoms with Crippen LogP contribution in [0.1, 0.15) is 45.2 Å². The van der Waals surface area contributed by atoms with Gasteiger partial charge in [-0.25, -0.2) is 24.0 Å². The van der Waals surface area contributed by atoms with Crippen LogP contribution in [0.25, 0.3) is 17.2 Å². The van der Waals surface area contributed by atoms with Gasteiger partial charge < -0.3 is 25.3 Å². The molecular formula is C25H28FN7O5. The lowest BCUT2D eigenvalue weighted by Gasteiger charge is -2.35. The minimum absolute atomic E-state index is 0.0512. The Kier molecular flexibility index (Phi) is 6.80. The minimum Gasteiger partial charge on any atom is -0.448 e. The van der Waals surface area contributed by atoms with Gasteiger partial charge in [0.15, 0.2) is 11.4 Å². The van der Waals surface area contributed by atoms with E-state index in [2.05, 4.69) is 25.4 Å². The molecule has 0 bridgehead atoms. The van der Waals surface area contributed by atoms with E-state index in [1.807, 2.05) is 6.92 Å². The molecule has 1 aromatic carbocycles. The lowest BCUT2D eigenvalue weighted by atomic mass is 9.92. The number of hydrogen-bond acceptors (Lipinski definition) is 10. The molecule has 2 aliphatic rings. The van der Waals surface area contributed by atoms with E-state index >= 15 is 0 Å². The maximum absolute atomic E-state index is 13.6. The zero-order chi connectivity index (χ0) is 26.9. The fourth-order valence-corrected chi connectivity index (χ4v) is 3.85. The van der Waals surface area contributed by atoms with Gasteiger partial charge in [0, 0.05) is 25.6 Å². The van der Waals surface area contributed by atoms with Gasteiger partial charge in [-0.05, 0) is 43.7 Å². The van der Waals surface area contributed by atoms with Crippen LogP contribution in [-0.4, -0.2) is 62.0 Å². The fourth-order valence-electron chi connectivity index (χ4n) is 3.85. The number of nitrogens with zero attached hydrogens (tertiary/aromatic N) is 5. The molecule has 5 rings (SSSR count). The molecule has 3 N–H and O–H groups in total. The van der Waals surface area contributed by atoms with E-state index in [1.54, 1.807) is 31.3 Å². The Hall–Kier alpha value is -3.97. The molecule has 1 saturated heterocycles. The number of anilines is 1. The summed E-state index contributed by atoms with van der Waals surface area (Å²) >= 11 is 0. The SMILES string of the molecule is CCCNc1nccc(-c2nc(C3OCC(C)(C(=O)OC4(C(N)=O)CC4)CO3)nn2-c2ccc(F)cc2)n1. The number of hydrogen-bond donors (Lipinski definition) is 2. The second kappa shape index (κ2) is 10.1. The summed E-state index contributed by atoms with van der Waals surface area (Å²) in [5.41, 5.74) is 4.03. The number of amides is 1. The highest BCUT2D eigenvalue weighted by Gasteiger charge is 2.55. The lowest BCUT2D eigenvalue weighted by molar-refractivity contribution is -0.241. The van der Waals surface area contributed by atoms with Crippen LogP contribution in [-0.2, 0) is 23.8 Å². The van der Waals surface area contributed by atoms with Gasteiger partial charge in [-0.15, -0.1) is 5.10 Å². The number of rotatable bonds is 9. The van der Waals surface area contributed by atoms with E-state index in [4.69, 9.17) is 19.9 Å². The molecule has 3 heterocycles. The van der Waals surface area contributed by atoms with Crippen LogP contribution in [0, 0.1) is 11.2 Å². The van der Waals surface area contributed by atoms with Crippen molar-refractivity contribution < 1.29 is 28.2 Å². The maximum Gasteiger partial charge on any atom is 0.317 e. The summed E-state index contributed by atoms with van der Waals surface area (Å²) in [6.07, 6.45) is 2.33. The molecular weight excluding hydrogens is 497 g/mol. The Balaban J connectivity index is 1.39. The van der Waals surface area contributed by atoms with Crippen molar-refractivity contribution in [1.82, 2.24) is 24.7 Å². The molecule has 1 aliphatic carbocycles. The Labute approximate surface area is 217 Å². The monoisotopic (exact) mass is 525 g/mol. The molecule has 2 fully saturated rings. The first-order valence-corrected chi connectivity index (χ1v) is 12.3. The third kappa shape index (κ3) is 5.07. The number of nitrogens with two attached hydrogens (primary N) is 1. The third-order valence-electron chi connectivity index (χ3n) is 6.36. The first-order chi connectivity index (χ1) is 18.2. The molecule has 38 heavy (non-hydrogen) atoms. The van der Waals surface area contributed by atoms with Gasteiger partial charge in [0.25, 0.3) is 5.91 Å². The predicted octanol–water partition coefficient (Wildman–Crippen LogP) is 2.30. The number of primary amides is 1. The van der Waals surface area contributed by atoms with Crippen molar-refractivity contribution in [3.8, 4) is 17.2 Å². The highest BCUT2D eigenvalue weighted by molar-refractivity contribution is 5.90. The molecule has 3 aromatic rings. The van der Waals surface area contributed by atoms with E-state index in [9.17, 15) is 14.0 Å². The summed E-state index contributed by atoms with van der Waals surface area (Å²) in [5.74, 6) is -0.680. The summed E-state index contributed by atoms with van der Waals surface area (Å²) in [6, 6.07) is 7.46. The molecule has 1 amide bonds. The van der Waals surface area contributed by atoms with E-state index in [0.29, 0.717) is 42.5 Å². The molecule has 0 atom stereocenters. The number of halogens is 1. The number of esters is 1. The average molecular weight is 526 g/mol. The van der Waals surface area contributed by atoms with E-state index in [-0.39, 0.29) is 19.0 Å². The van der Waals surface area contributed by atoms with Crippen LogP contribution < -0.4 is 11.1 Å². The topological polar surface area (TPSA) is 156 Å². The molecule has 12 nitrogen and oxygen atoms in total. The number of benzene rings is 1. The second-order valence-electron chi connectivity index (χ2n) is 9.64. The first kappa shape index (κ1) is 25.7. The number of nitrogens with one attached hydrogen (secondary N) is 1. The van der Waals surface area contributed by atoms with Crippen molar-refractivity contribution in [3.05, 3.63) is 48.2 Å². The van der Waals surface area contributed by atoms with Crippen LogP contribution in [0.2, 0.25) is 0 Å². The quantitative estimate of drug-likeness (QED) is 0.397. The van der Waals surface area contributed by atoms with Gasteiger partial charge >= 0.3 is 5.97 Å². The normalized spacial score (nSPS) is 22.0. The van der Waals surface area contributed by atoms with Gasteiger partial charge in [-0.1, -0.05) is 6.92 Å². The van der Waals surface area contributed by atoms with Crippen molar-refractivity contribution in [2.24, 2.45) is 11.1 Å². The summed E-state index contributed by atoms with van der Waals surface area (Å²) in [5, 5.41) is 7.70. The number of carbonyl (C=O) groups is 2. The van der Waals surface area contributed by atoms with E-state index in [1.165, 1.54) is 16.8 Å². The van der Waals surface area contributed by atoms with E-state index in [0.717, 1.165) is 6.42 Å². The highest BCUT2D eigenvalue weighted by atomic mass is 19.1. The van der Waals surface area contributed by atoms with Crippen LogP contribution in [0.15, 0.2) is 36.5 Å².